The highest BCUT2D eigenvalue weighted by atomic mass is 32.1. The average molecular weight is 438 g/mol. The van der Waals surface area contributed by atoms with E-state index in [1.165, 1.54) is 12.6 Å². The minimum atomic E-state index is -4.47. The van der Waals surface area contributed by atoms with E-state index in [0.717, 1.165) is 37.8 Å². The Balaban J connectivity index is 1.39. The summed E-state index contributed by atoms with van der Waals surface area (Å²) in [5.41, 5.74) is 0.349. The molecular weight excluding hydrogens is 417 g/mol. The number of halogens is 3. The number of carbonyl (C=O) groups is 2. The average Bonchev–Trinajstić information content (AvgIpc) is 3.37. The van der Waals surface area contributed by atoms with Crippen LogP contribution in [0.5, 0.6) is 0 Å². The predicted molar refractivity (Wildman–Crippen MR) is 108 cm³/mol. The van der Waals surface area contributed by atoms with Gasteiger partial charge in [0.25, 0.3) is 5.91 Å². The summed E-state index contributed by atoms with van der Waals surface area (Å²) < 4.78 is 38.1. The number of pyridine rings is 1. The van der Waals surface area contributed by atoms with Gasteiger partial charge in [0.1, 0.15) is 10.7 Å². The molecule has 1 saturated heterocycles. The van der Waals surface area contributed by atoms with E-state index in [1.54, 1.807) is 17.0 Å². The lowest BCUT2D eigenvalue weighted by atomic mass is 9.94. The molecule has 0 atom stereocenters. The number of amides is 3. The number of nitrogens with one attached hydrogen (secondary N) is 1. The fourth-order valence-electron chi connectivity index (χ4n) is 3.92. The first-order valence-electron chi connectivity index (χ1n) is 9.85. The van der Waals surface area contributed by atoms with Crippen molar-refractivity contribution in [3.05, 3.63) is 40.2 Å². The van der Waals surface area contributed by atoms with Crippen molar-refractivity contribution in [2.24, 2.45) is 0 Å². The number of urea groups is 1. The van der Waals surface area contributed by atoms with E-state index in [2.05, 4.69) is 10.3 Å². The number of hydrogen-bond acceptors (Lipinski definition) is 4. The van der Waals surface area contributed by atoms with Gasteiger partial charge in [-0.2, -0.15) is 13.2 Å². The van der Waals surface area contributed by atoms with E-state index in [1.807, 2.05) is 4.90 Å². The SMILES string of the molecule is O=C(Nc1ccc(N2CCN(C3CCCCC3)C2=O)nc1)c1ccc(C(F)(F)F)s1. The molecule has 1 saturated carbocycles. The van der Waals surface area contributed by atoms with E-state index < -0.39 is 17.0 Å². The van der Waals surface area contributed by atoms with Gasteiger partial charge in [-0.15, -0.1) is 11.3 Å². The summed E-state index contributed by atoms with van der Waals surface area (Å²) >= 11 is 0.389. The molecule has 0 radical (unpaired) electrons. The van der Waals surface area contributed by atoms with Crippen molar-refractivity contribution in [2.75, 3.05) is 23.3 Å². The van der Waals surface area contributed by atoms with Gasteiger partial charge in [0.2, 0.25) is 0 Å². The van der Waals surface area contributed by atoms with Crippen LogP contribution in [0.15, 0.2) is 30.5 Å². The number of hydrogen-bond donors (Lipinski definition) is 1. The summed E-state index contributed by atoms with van der Waals surface area (Å²) in [5.74, 6) is -0.141. The quantitative estimate of drug-likeness (QED) is 0.732. The Kier molecular flexibility index (Phi) is 5.68. The van der Waals surface area contributed by atoms with Gasteiger partial charge in [0.05, 0.1) is 16.8 Å². The minimum Gasteiger partial charge on any atom is -0.320 e. The highest BCUT2D eigenvalue weighted by Gasteiger charge is 2.35. The molecule has 1 aliphatic heterocycles. The molecule has 0 aromatic carbocycles. The second-order valence-electron chi connectivity index (χ2n) is 7.44. The molecule has 30 heavy (non-hydrogen) atoms. The third kappa shape index (κ3) is 4.28. The Labute approximate surface area is 175 Å². The molecule has 160 valence electrons. The van der Waals surface area contributed by atoms with Gasteiger partial charge in [0, 0.05) is 19.1 Å². The van der Waals surface area contributed by atoms with Gasteiger partial charge >= 0.3 is 12.2 Å². The Morgan fingerprint density at radius 1 is 1.10 bits per heavy atom. The van der Waals surface area contributed by atoms with Crippen LogP contribution in [-0.2, 0) is 6.18 Å². The first-order valence-corrected chi connectivity index (χ1v) is 10.7. The lowest BCUT2D eigenvalue weighted by Crippen LogP contribution is -2.40. The van der Waals surface area contributed by atoms with E-state index in [-0.39, 0.29) is 10.9 Å². The molecular formula is C20H21F3N4O2S. The Bertz CT molecular complexity index is 923. The van der Waals surface area contributed by atoms with Gasteiger partial charge < -0.3 is 10.2 Å². The van der Waals surface area contributed by atoms with Crippen LogP contribution in [0.1, 0.15) is 46.7 Å². The van der Waals surface area contributed by atoms with Gasteiger partial charge in [0.15, 0.2) is 0 Å². The van der Waals surface area contributed by atoms with Crippen molar-refractivity contribution in [3.63, 3.8) is 0 Å². The van der Waals surface area contributed by atoms with Crippen LogP contribution in [0.3, 0.4) is 0 Å². The summed E-state index contributed by atoms with van der Waals surface area (Å²) in [4.78, 5) is 31.9. The third-order valence-electron chi connectivity index (χ3n) is 5.45. The van der Waals surface area contributed by atoms with Gasteiger partial charge in [-0.3, -0.25) is 9.69 Å². The maximum atomic E-state index is 12.8. The van der Waals surface area contributed by atoms with Crippen LogP contribution in [0.4, 0.5) is 29.5 Å². The molecule has 0 bridgehead atoms. The van der Waals surface area contributed by atoms with E-state index >= 15 is 0 Å². The van der Waals surface area contributed by atoms with Gasteiger partial charge in [-0.1, -0.05) is 19.3 Å². The second-order valence-corrected chi connectivity index (χ2v) is 8.52. The highest BCUT2D eigenvalue weighted by molar-refractivity contribution is 7.14. The van der Waals surface area contributed by atoms with Crippen molar-refractivity contribution in [1.29, 1.82) is 0 Å². The fraction of sp³-hybridized carbons (Fsp3) is 0.450. The van der Waals surface area contributed by atoms with Crippen molar-refractivity contribution in [2.45, 2.75) is 44.3 Å². The Hall–Kier alpha value is -2.62. The first kappa shape index (κ1) is 20.6. The minimum absolute atomic E-state index is 0.0377. The van der Waals surface area contributed by atoms with Gasteiger partial charge in [-0.25, -0.2) is 9.78 Å². The number of nitrogens with zero attached hydrogens (tertiary/aromatic N) is 3. The zero-order chi connectivity index (χ0) is 21.3. The summed E-state index contributed by atoms with van der Waals surface area (Å²) in [5, 5.41) is 2.54. The number of aromatic nitrogens is 1. The lowest BCUT2D eigenvalue weighted by molar-refractivity contribution is -0.134. The summed E-state index contributed by atoms with van der Waals surface area (Å²) in [6.07, 6.45) is 2.53. The van der Waals surface area contributed by atoms with Crippen LogP contribution in [-0.4, -0.2) is 41.0 Å². The molecule has 3 heterocycles. The second kappa shape index (κ2) is 8.25. The Morgan fingerprint density at radius 3 is 2.50 bits per heavy atom. The van der Waals surface area contributed by atoms with E-state index in [0.29, 0.717) is 42.0 Å². The molecule has 1 N–H and O–H groups in total. The number of thiophene rings is 1. The molecule has 2 fully saturated rings. The van der Waals surface area contributed by atoms with Crippen LogP contribution in [0.25, 0.3) is 0 Å². The number of anilines is 2. The summed E-state index contributed by atoms with van der Waals surface area (Å²) in [7, 11) is 0. The topological polar surface area (TPSA) is 65.5 Å². The van der Waals surface area contributed by atoms with Crippen LogP contribution >= 0.6 is 11.3 Å². The van der Waals surface area contributed by atoms with Crippen LogP contribution < -0.4 is 10.2 Å². The Morgan fingerprint density at radius 2 is 1.87 bits per heavy atom. The molecule has 4 rings (SSSR count). The normalized spacial score (nSPS) is 18.2. The molecule has 2 aromatic rings. The number of carbonyl (C=O) groups excluding carboxylic acids is 2. The first-order chi connectivity index (χ1) is 14.3. The number of alkyl halides is 3. The summed E-state index contributed by atoms with van der Waals surface area (Å²) in [6.45, 7) is 1.23. The zero-order valence-corrected chi connectivity index (χ0v) is 16.9. The maximum Gasteiger partial charge on any atom is 0.425 e. The lowest BCUT2D eigenvalue weighted by Gasteiger charge is -2.30. The van der Waals surface area contributed by atoms with Crippen LogP contribution in [0, 0.1) is 0 Å². The standard InChI is InChI=1S/C20H21F3N4O2S/c21-20(22,23)16-8-7-15(30-16)18(28)25-13-6-9-17(24-12-13)27-11-10-26(19(27)29)14-4-2-1-3-5-14/h6-9,12,14H,1-5,10-11H2,(H,25,28). The molecule has 1 aliphatic carbocycles. The monoisotopic (exact) mass is 438 g/mol. The highest BCUT2D eigenvalue weighted by Crippen LogP contribution is 2.35. The molecule has 2 aromatic heterocycles. The maximum absolute atomic E-state index is 12.8. The molecule has 0 spiro atoms. The van der Waals surface area contributed by atoms with Gasteiger partial charge in [-0.05, 0) is 37.1 Å². The van der Waals surface area contributed by atoms with Crippen molar-refractivity contribution in [3.8, 4) is 0 Å². The molecule has 10 heteroatoms. The third-order valence-corrected chi connectivity index (χ3v) is 6.58. The predicted octanol–water partition coefficient (Wildman–Crippen LogP) is 4.99. The smallest absolute Gasteiger partial charge is 0.320 e. The van der Waals surface area contributed by atoms with E-state index in [9.17, 15) is 22.8 Å². The zero-order valence-electron chi connectivity index (χ0n) is 16.1. The summed E-state index contributed by atoms with van der Waals surface area (Å²) in [6, 6.07) is 5.50. The largest absolute Gasteiger partial charge is 0.425 e. The van der Waals surface area contributed by atoms with Crippen molar-refractivity contribution in [1.82, 2.24) is 9.88 Å². The van der Waals surface area contributed by atoms with E-state index in [4.69, 9.17) is 0 Å². The molecule has 0 unspecified atom stereocenters. The molecule has 2 aliphatic rings. The molecule has 3 amide bonds. The number of rotatable bonds is 4. The van der Waals surface area contributed by atoms with Crippen molar-refractivity contribution >= 4 is 34.8 Å². The fourth-order valence-corrected chi connectivity index (χ4v) is 4.69. The molecule has 6 nitrogen and oxygen atoms in total. The van der Waals surface area contributed by atoms with Crippen molar-refractivity contribution < 1.29 is 22.8 Å². The van der Waals surface area contributed by atoms with Crippen LogP contribution in [0.2, 0.25) is 0 Å².